The minimum Gasteiger partial charge on any atom is -0.389 e. The van der Waals surface area contributed by atoms with Crippen LogP contribution in [0.15, 0.2) is 72.9 Å². The number of allylic oxidation sites excluding steroid dienone is 9. The molecule has 0 rings (SSSR count). The zero-order valence-corrected chi connectivity index (χ0v) is 16.9. The van der Waals surface area contributed by atoms with E-state index in [1.165, 1.54) is 7.11 Å². The van der Waals surface area contributed by atoms with E-state index in [1.54, 1.807) is 6.08 Å². The van der Waals surface area contributed by atoms with E-state index < -0.39 is 6.10 Å². The first-order chi connectivity index (χ1) is 13.7. The lowest BCUT2D eigenvalue weighted by atomic mass is 10.2. The van der Waals surface area contributed by atoms with Crippen LogP contribution in [0.4, 0.5) is 0 Å². The Morgan fingerprint density at radius 1 is 0.893 bits per heavy atom. The molecule has 0 bridgehead atoms. The van der Waals surface area contributed by atoms with Gasteiger partial charge in [-0.05, 0) is 32.1 Å². The van der Waals surface area contributed by atoms with Crippen LogP contribution in [-0.4, -0.2) is 36.2 Å². The molecule has 3 N–H and O–H groups in total. The normalized spacial score (nSPS) is 15.4. The molecule has 0 aliphatic rings. The first-order valence-electron chi connectivity index (χ1n) is 9.60. The van der Waals surface area contributed by atoms with Gasteiger partial charge in [0, 0.05) is 0 Å². The average molecular weight is 394 g/mol. The summed E-state index contributed by atoms with van der Waals surface area (Å²) in [5, 5.41) is 18.2. The number of aliphatic hydroxyl groups excluding tert-OH is 1. The van der Waals surface area contributed by atoms with Crippen molar-refractivity contribution in [3.8, 4) is 0 Å². The van der Waals surface area contributed by atoms with Gasteiger partial charge in [0.05, 0.1) is 25.9 Å². The first-order valence-corrected chi connectivity index (χ1v) is 9.60. The molecule has 0 unspecified atom stereocenters. The second kappa shape index (κ2) is 21.5. The summed E-state index contributed by atoms with van der Waals surface area (Å²) in [5.74, 6) is 0. The van der Waals surface area contributed by atoms with Gasteiger partial charge < -0.3 is 5.11 Å². The summed E-state index contributed by atoms with van der Waals surface area (Å²) in [4.78, 5) is 13.3. The molecule has 6 heteroatoms. The van der Waals surface area contributed by atoms with Crippen molar-refractivity contribution < 1.29 is 25.1 Å². The second-order valence-electron chi connectivity index (χ2n) is 5.84. The van der Waals surface area contributed by atoms with Gasteiger partial charge in [0.2, 0.25) is 0 Å². The van der Waals surface area contributed by atoms with Gasteiger partial charge in [-0.1, -0.05) is 79.8 Å². The molecule has 158 valence electrons. The van der Waals surface area contributed by atoms with E-state index >= 15 is 0 Å². The van der Waals surface area contributed by atoms with Crippen molar-refractivity contribution in [2.24, 2.45) is 0 Å². The van der Waals surface area contributed by atoms with Gasteiger partial charge in [-0.25, -0.2) is 15.0 Å². The molecule has 0 aliphatic heterocycles. The molecule has 0 saturated heterocycles. The van der Waals surface area contributed by atoms with Crippen LogP contribution in [0.5, 0.6) is 0 Å². The maximum absolute atomic E-state index is 9.70. The van der Waals surface area contributed by atoms with E-state index in [4.69, 9.17) is 10.1 Å². The molecule has 2 atom stereocenters. The Hall–Kier alpha value is -1.80. The summed E-state index contributed by atoms with van der Waals surface area (Å²) in [7, 11) is 1.45. The largest absolute Gasteiger partial charge is 0.389 e. The van der Waals surface area contributed by atoms with E-state index in [1.807, 2.05) is 48.6 Å². The third-order valence-electron chi connectivity index (χ3n) is 3.50. The summed E-state index contributed by atoms with van der Waals surface area (Å²) in [6.07, 6.45) is 27.1. The highest BCUT2D eigenvalue weighted by molar-refractivity contribution is 5.09. The number of hydrogen-bond donors (Lipinski definition) is 3. The molecule has 0 heterocycles. The van der Waals surface area contributed by atoms with Crippen LogP contribution in [0.1, 0.15) is 39.0 Å². The summed E-state index contributed by atoms with van der Waals surface area (Å²) in [6, 6.07) is -0.181. The average Bonchev–Trinajstić information content (AvgIpc) is 2.69. The number of hydroxylamine groups is 1. The first kappa shape index (κ1) is 26.2. The van der Waals surface area contributed by atoms with Gasteiger partial charge >= 0.3 is 0 Å². The van der Waals surface area contributed by atoms with Gasteiger partial charge in [-0.2, -0.15) is 5.48 Å². The van der Waals surface area contributed by atoms with Crippen molar-refractivity contribution in [1.29, 1.82) is 0 Å². The zero-order chi connectivity index (χ0) is 20.7. The predicted octanol–water partition coefficient (Wildman–Crippen LogP) is 4.60. The Labute approximate surface area is 169 Å². The fraction of sp³-hybridized carbons (Fsp3) is 0.455. The highest BCUT2D eigenvalue weighted by Gasteiger charge is 2.03. The Kier molecular flexibility index (Phi) is 20.1. The van der Waals surface area contributed by atoms with Crippen molar-refractivity contribution in [2.45, 2.75) is 51.2 Å². The molecule has 0 aliphatic carbocycles. The molecule has 0 aromatic rings. The minimum absolute atomic E-state index is 0.181. The molecule has 0 radical (unpaired) electrons. The zero-order valence-electron chi connectivity index (χ0n) is 16.9. The number of nitrogens with one attached hydrogen (secondary N) is 1. The minimum atomic E-state index is -0.424. The van der Waals surface area contributed by atoms with E-state index in [9.17, 15) is 5.11 Å². The molecule has 0 amide bonds. The molecule has 0 aromatic carbocycles. The van der Waals surface area contributed by atoms with Crippen molar-refractivity contribution in [1.82, 2.24) is 5.48 Å². The Balaban J connectivity index is 3.93. The molecular weight excluding hydrogens is 358 g/mol. The quantitative estimate of drug-likeness (QED) is 0.110. The van der Waals surface area contributed by atoms with E-state index in [0.717, 1.165) is 19.3 Å². The maximum atomic E-state index is 9.70. The SMILES string of the molecule is CC/C=C\C[C@@H](O)/C=C/C=C\C/C=C\C/C=C\C=C\[C@H](CCOOC)NOO. The van der Waals surface area contributed by atoms with Crippen molar-refractivity contribution in [2.75, 3.05) is 13.7 Å². The van der Waals surface area contributed by atoms with Crippen LogP contribution in [0.3, 0.4) is 0 Å². The topological polar surface area (TPSA) is 80.2 Å². The fourth-order valence-electron chi connectivity index (χ4n) is 2.06. The number of aliphatic hydroxyl groups is 1. The molecule has 0 aromatic heterocycles. The third-order valence-corrected chi connectivity index (χ3v) is 3.50. The highest BCUT2D eigenvalue weighted by Crippen LogP contribution is 1.99. The van der Waals surface area contributed by atoms with E-state index in [-0.39, 0.29) is 6.04 Å². The fourth-order valence-corrected chi connectivity index (χ4v) is 2.06. The van der Waals surface area contributed by atoms with E-state index in [2.05, 4.69) is 40.5 Å². The van der Waals surface area contributed by atoms with Crippen LogP contribution in [0.2, 0.25) is 0 Å². The monoisotopic (exact) mass is 393 g/mol. The molecule has 28 heavy (non-hydrogen) atoms. The van der Waals surface area contributed by atoms with Gasteiger partial charge in [-0.3, -0.25) is 0 Å². The van der Waals surface area contributed by atoms with Crippen molar-refractivity contribution in [3.63, 3.8) is 0 Å². The predicted molar refractivity (Wildman–Crippen MR) is 113 cm³/mol. The van der Waals surface area contributed by atoms with Crippen LogP contribution < -0.4 is 5.48 Å². The summed E-state index contributed by atoms with van der Waals surface area (Å²) in [6.45, 7) is 2.45. The smallest absolute Gasteiger partial charge is 0.0841 e. The molecule has 0 spiro atoms. The molecule has 0 fully saturated rings. The lowest BCUT2D eigenvalue weighted by Crippen LogP contribution is -2.27. The lowest BCUT2D eigenvalue weighted by Gasteiger charge is -2.10. The standard InChI is InChI=1S/C22H35NO5/c1-3-4-13-17-22(24)18-15-12-10-8-6-5-7-9-11-14-16-21(23-28-25)19-20-27-26-2/h4-6,9-16,18,21-25H,3,7-8,17,19-20H2,1-2H3/b6-5-,11-9-,12-10-,13-4-,16-14+,18-15+/t21-,22-/m1/s1. The van der Waals surface area contributed by atoms with Crippen LogP contribution in [0, 0.1) is 0 Å². The van der Waals surface area contributed by atoms with Gasteiger partial charge in [0.15, 0.2) is 0 Å². The highest BCUT2D eigenvalue weighted by atomic mass is 17.2. The Bertz CT molecular complexity index is 509. The third kappa shape index (κ3) is 19.0. The lowest BCUT2D eigenvalue weighted by molar-refractivity contribution is -0.302. The van der Waals surface area contributed by atoms with Gasteiger partial charge in [0.1, 0.15) is 0 Å². The van der Waals surface area contributed by atoms with E-state index in [0.29, 0.717) is 19.4 Å². The van der Waals surface area contributed by atoms with Gasteiger partial charge in [0.25, 0.3) is 0 Å². The number of hydrogen-bond acceptors (Lipinski definition) is 6. The summed E-state index contributed by atoms with van der Waals surface area (Å²) >= 11 is 0. The summed E-state index contributed by atoms with van der Waals surface area (Å²) < 4.78 is 0. The Morgan fingerprint density at radius 2 is 1.57 bits per heavy atom. The summed E-state index contributed by atoms with van der Waals surface area (Å²) in [5.41, 5.74) is 2.45. The molecular formula is C22H35NO5. The Morgan fingerprint density at radius 3 is 2.18 bits per heavy atom. The van der Waals surface area contributed by atoms with Crippen LogP contribution in [-0.2, 0) is 14.8 Å². The van der Waals surface area contributed by atoms with Gasteiger partial charge in [-0.15, -0.1) is 4.99 Å². The van der Waals surface area contributed by atoms with Crippen LogP contribution >= 0.6 is 0 Å². The van der Waals surface area contributed by atoms with Crippen LogP contribution in [0.25, 0.3) is 0 Å². The maximum Gasteiger partial charge on any atom is 0.0841 e. The second-order valence-corrected chi connectivity index (χ2v) is 5.84. The van der Waals surface area contributed by atoms with Crippen molar-refractivity contribution >= 4 is 0 Å². The van der Waals surface area contributed by atoms with Crippen molar-refractivity contribution in [3.05, 3.63) is 72.9 Å². The number of rotatable bonds is 17. The molecule has 0 saturated carbocycles. The molecule has 6 nitrogen and oxygen atoms in total.